The predicted octanol–water partition coefficient (Wildman–Crippen LogP) is 2.11. The maximum absolute atomic E-state index is 11.3. The van der Waals surface area contributed by atoms with Crippen molar-refractivity contribution in [2.75, 3.05) is 0 Å². The van der Waals surface area contributed by atoms with Crippen molar-refractivity contribution in [2.24, 2.45) is 12.8 Å². The third-order valence-corrected chi connectivity index (χ3v) is 5.79. The van der Waals surface area contributed by atoms with Crippen molar-refractivity contribution in [3.05, 3.63) is 31.3 Å². The number of H-pyrrole nitrogens is 1. The number of thiophene rings is 1. The van der Waals surface area contributed by atoms with Gasteiger partial charge < -0.3 is 5.73 Å². The molecule has 0 saturated heterocycles. The second-order valence-electron chi connectivity index (χ2n) is 3.91. The maximum atomic E-state index is 11.3. The van der Waals surface area contributed by atoms with E-state index in [0.717, 1.165) is 8.66 Å². The number of aromatic nitrogens is 3. The van der Waals surface area contributed by atoms with Gasteiger partial charge in [-0.05, 0) is 35.0 Å². The van der Waals surface area contributed by atoms with Crippen LogP contribution in [0.2, 0.25) is 0 Å². The molecular formula is C10H13BrN4OS2. The molecule has 2 rings (SSSR count). The molecule has 0 aliphatic heterocycles. The van der Waals surface area contributed by atoms with E-state index >= 15 is 0 Å². The van der Waals surface area contributed by atoms with Crippen LogP contribution in [-0.4, -0.2) is 20.8 Å². The number of halogens is 1. The van der Waals surface area contributed by atoms with Gasteiger partial charge in [-0.1, -0.05) is 11.8 Å². The van der Waals surface area contributed by atoms with Gasteiger partial charge in [0, 0.05) is 18.0 Å². The number of nitrogens with two attached hydrogens (primary N) is 1. The first-order chi connectivity index (χ1) is 8.49. The molecule has 0 fully saturated rings. The highest BCUT2D eigenvalue weighted by Gasteiger charge is 2.22. The fourth-order valence-corrected chi connectivity index (χ4v) is 4.24. The lowest BCUT2D eigenvalue weighted by Gasteiger charge is -2.17. The van der Waals surface area contributed by atoms with E-state index in [1.54, 1.807) is 18.4 Å². The van der Waals surface area contributed by atoms with E-state index in [0.29, 0.717) is 5.16 Å². The van der Waals surface area contributed by atoms with Crippen LogP contribution in [-0.2, 0) is 7.05 Å². The molecule has 0 bridgehead atoms. The lowest BCUT2D eigenvalue weighted by molar-refractivity contribution is 0.713. The summed E-state index contributed by atoms with van der Waals surface area (Å²) < 4.78 is 2.56. The Balaban J connectivity index is 2.27. The number of rotatable bonds is 4. The third kappa shape index (κ3) is 2.87. The van der Waals surface area contributed by atoms with Gasteiger partial charge in [0.1, 0.15) is 0 Å². The van der Waals surface area contributed by atoms with E-state index in [9.17, 15) is 4.79 Å². The maximum Gasteiger partial charge on any atom is 0.343 e. The van der Waals surface area contributed by atoms with Gasteiger partial charge in [-0.2, -0.15) is 0 Å². The molecule has 0 aliphatic rings. The molecule has 18 heavy (non-hydrogen) atoms. The lowest BCUT2D eigenvalue weighted by atomic mass is 10.2. The Morgan fingerprint density at radius 2 is 2.33 bits per heavy atom. The monoisotopic (exact) mass is 348 g/mol. The Morgan fingerprint density at radius 3 is 2.78 bits per heavy atom. The molecule has 0 spiro atoms. The van der Waals surface area contributed by atoms with Crippen molar-refractivity contribution in [1.82, 2.24) is 14.8 Å². The molecule has 98 valence electrons. The Kier molecular flexibility index (Phi) is 4.31. The van der Waals surface area contributed by atoms with Gasteiger partial charge in [-0.15, -0.1) is 16.4 Å². The molecule has 2 aromatic heterocycles. The van der Waals surface area contributed by atoms with Crippen LogP contribution in [0.5, 0.6) is 0 Å². The quantitative estimate of drug-likeness (QED) is 0.829. The first-order valence-electron chi connectivity index (χ1n) is 5.28. The van der Waals surface area contributed by atoms with Crippen LogP contribution < -0.4 is 11.4 Å². The minimum absolute atomic E-state index is 0.0349. The topological polar surface area (TPSA) is 76.7 Å². The van der Waals surface area contributed by atoms with Crippen LogP contribution in [0.1, 0.15) is 17.1 Å². The molecule has 3 N–H and O–H groups in total. The van der Waals surface area contributed by atoms with Gasteiger partial charge in [0.15, 0.2) is 5.16 Å². The smallest absolute Gasteiger partial charge is 0.327 e. The molecule has 0 radical (unpaired) electrons. The standard InChI is InChI=1S/C10H13BrN4OS2/c1-5(12)8(6-3-4-7(11)17-6)18-10-14-13-9(16)15(10)2/h3-5,8H,12H2,1-2H3,(H,13,16). The number of hydrogen-bond donors (Lipinski definition) is 2. The zero-order valence-electron chi connectivity index (χ0n) is 9.88. The van der Waals surface area contributed by atoms with Gasteiger partial charge in [-0.3, -0.25) is 4.57 Å². The van der Waals surface area contributed by atoms with Crippen LogP contribution in [0, 0.1) is 0 Å². The highest BCUT2D eigenvalue weighted by atomic mass is 79.9. The number of thioether (sulfide) groups is 1. The summed E-state index contributed by atoms with van der Waals surface area (Å²) in [4.78, 5) is 12.5. The summed E-state index contributed by atoms with van der Waals surface area (Å²) >= 11 is 6.59. The predicted molar refractivity (Wildman–Crippen MR) is 78.1 cm³/mol. The molecule has 2 aromatic rings. The van der Waals surface area contributed by atoms with Crippen LogP contribution in [0.25, 0.3) is 0 Å². The fraction of sp³-hybridized carbons (Fsp3) is 0.400. The van der Waals surface area contributed by atoms with E-state index < -0.39 is 0 Å². The molecule has 0 amide bonds. The number of nitrogens with one attached hydrogen (secondary N) is 1. The Labute approximate surface area is 121 Å². The molecule has 0 aromatic carbocycles. The minimum atomic E-state index is -0.215. The Hall–Kier alpha value is -0.570. The van der Waals surface area contributed by atoms with Crippen LogP contribution in [0.4, 0.5) is 0 Å². The zero-order valence-corrected chi connectivity index (χ0v) is 13.1. The summed E-state index contributed by atoms with van der Waals surface area (Å²) in [6, 6.07) is 4.01. The second-order valence-corrected chi connectivity index (χ2v) is 7.51. The van der Waals surface area contributed by atoms with Crippen LogP contribution >= 0.6 is 39.0 Å². The zero-order chi connectivity index (χ0) is 13.3. The molecule has 0 saturated carbocycles. The van der Waals surface area contributed by atoms with Crippen molar-refractivity contribution in [2.45, 2.75) is 23.4 Å². The lowest BCUT2D eigenvalue weighted by Crippen LogP contribution is -2.22. The van der Waals surface area contributed by atoms with E-state index in [-0.39, 0.29) is 17.0 Å². The van der Waals surface area contributed by atoms with Gasteiger partial charge in [0.05, 0.1) is 9.04 Å². The molecule has 2 heterocycles. The molecule has 2 atom stereocenters. The summed E-state index contributed by atoms with van der Waals surface area (Å²) in [6.07, 6.45) is 0. The largest absolute Gasteiger partial charge is 0.343 e. The third-order valence-electron chi connectivity index (χ3n) is 2.42. The van der Waals surface area contributed by atoms with Gasteiger partial charge in [0.25, 0.3) is 0 Å². The van der Waals surface area contributed by atoms with E-state index in [1.165, 1.54) is 16.3 Å². The first kappa shape index (κ1) is 13.9. The van der Waals surface area contributed by atoms with Gasteiger partial charge in [0.2, 0.25) is 0 Å². The average molecular weight is 349 g/mol. The normalized spacial score (nSPS) is 14.7. The number of hydrogen-bond acceptors (Lipinski definition) is 5. The first-order valence-corrected chi connectivity index (χ1v) is 7.77. The van der Waals surface area contributed by atoms with Crippen molar-refractivity contribution in [1.29, 1.82) is 0 Å². The van der Waals surface area contributed by atoms with Crippen LogP contribution in [0.15, 0.2) is 25.9 Å². The molecule has 0 aliphatic carbocycles. The number of nitrogens with zero attached hydrogens (tertiary/aromatic N) is 2. The number of aromatic amines is 1. The summed E-state index contributed by atoms with van der Waals surface area (Å²) in [7, 11) is 1.69. The van der Waals surface area contributed by atoms with Crippen LogP contribution in [0.3, 0.4) is 0 Å². The molecular weight excluding hydrogens is 336 g/mol. The Bertz CT molecular complexity index is 589. The molecule has 5 nitrogen and oxygen atoms in total. The van der Waals surface area contributed by atoms with E-state index in [2.05, 4.69) is 26.1 Å². The van der Waals surface area contributed by atoms with Gasteiger partial charge >= 0.3 is 5.69 Å². The molecule has 2 unspecified atom stereocenters. The highest BCUT2D eigenvalue weighted by Crippen LogP contribution is 2.40. The summed E-state index contributed by atoms with van der Waals surface area (Å²) in [5.74, 6) is 0. The Morgan fingerprint density at radius 1 is 1.61 bits per heavy atom. The van der Waals surface area contributed by atoms with Crippen molar-refractivity contribution in [3.63, 3.8) is 0 Å². The van der Waals surface area contributed by atoms with Crippen molar-refractivity contribution >= 4 is 39.0 Å². The SMILES string of the molecule is CC(N)C(Sc1n[nH]c(=O)n1C)c1ccc(Br)s1. The molecule has 8 heteroatoms. The average Bonchev–Trinajstić information content (AvgIpc) is 2.85. The fourth-order valence-electron chi connectivity index (χ4n) is 1.46. The summed E-state index contributed by atoms with van der Waals surface area (Å²) in [5, 5.41) is 7.15. The van der Waals surface area contributed by atoms with Gasteiger partial charge in [-0.25, -0.2) is 9.89 Å². The second kappa shape index (κ2) is 5.60. The van der Waals surface area contributed by atoms with Crippen molar-refractivity contribution in [3.8, 4) is 0 Å². The minimum Gasteiger partial charge on any atom is -0.327 e. The summed E-state index contributed by atoms with van der Waals surface area (Å²) in [6.45, 7) is 1.95. The van der Waals surface area contributed by atoms with E-state index in [1.807, 2.05) is 19.1 Å². The summed E-state index contributed by atoms with van der Waals surface area (Å²) in [5.41, 5.74) is 5.81. The highest BCUT2D eigenvalue weighted by molar-refractivity contribution is 9.11. The van der Waals surface area contributed by atoms with E-state index in [4.69, 9.17) is 5.73 Å². The van der Waals surface area contributed by atoms with Crippen molar-refractivity contribution < 1.29 is 0 Å².